The highest BCUT2D eigenvalue weighted by Crippen LogP contribution is 2.19. The van der Waals surface area contributed by atoms with Crippen LogP contribution in [0, 0.1) is 0 Å². The number of carboxylic acids is 1. The van der Waals surface area contributed by atoms with Crippen LogP contribution in [0.2, 0.25) is 0 Å². The molecule has 0 aromatic carbocycles. The van der Waals surface area contributed by atoms with Crippen molar-refractivity contribution in [3.05, 3.63) is 0 Å². The van der Waals surface area contributed by atoms with Crippen LogP contribution in [0.4, 0.5) is 0 Å². The molecule has 5 nitrogen and oxygen atoms in total. The Balaban J connectivity index is 2.81. The van der Waals surface area contributed by atoms with Gasteiger partial charge in [0.2, 0.25) is 0 Å². The zero-order valence-corrected chi connectivity index (χ0v) is 6.11. The van der Waals surface area contributed by atoms with Gasteiger partial charge in [-0.25, -0.2) is 0 Å². The summed E-state index contributed by atoms with van der Waals surface area (Å²) in [6.07, 6.45) is -2.23. The van der Waals surface area contributed by atoms with Crippen LogP contribution in [0.25, 0.3) is 0 Å². The molecule has 0 aromatic heterocycles. The molecule has 0 aromatic rings. The largest absolute Gasteiger partial charge is 0.480 e. The fourth-order valence-electron chi connectivity index (χ4n) is 1.12. The van der Waals surface area contributed by atoms with Crippen LogP contribution >= 0.6 is 0 Å². The van der Waals surface area contributed by atoms with Crippen molar-refractivity contribution in [2.45, 2.75) is 24.7 Å². The highest BCUT2D eigenvalue weighted by molar-refractivity contribution is 5.79. The van der Waals surface area contributed by atoms with E-state index in [1.807, 2.05) is 0 Å². The summed E-state index contributed by atoms with van der Waals surface area (Å²) in [6, 6.07) is 0. The molecule has 1 rings (SSSR count). The molecule has 1 fully saturated rings. The number of aliphatic hydroxyl groups is 2. The lowest BCUT2D eigenvalue weighted by molar-refractivity contribution is -0.148. The maximum atomic E-state index is 10.5. The zero-order valence-electron chi connectivity index (χ0n) is 6.11. The second kappa shape index (κ2) is 2.44. The fraction of sp³-hybridized carbons (Fsp3) is 0.833. The van der Waals surface area contributed by atoms with Gasteiger partial charge in [-0.15, -0.1) is 0 Å². The molecule has 64 valence electrons. The Labute approximate surface area is 63.7 Å². The number of β-amino-alcohol motifs (C(OH)–C–C–N with tert-alkyl or cyclic N) is 1. The van der Waals surface area contributed by atoms with Gasteiger partial charge in [0.05, 0.1) is 6.10 Å². The van der Waals surface area contributed by atoms with Gasteiger partial charge in [0.1, 0.15) is 11.6 Å². The Morgan fingerprint density at radius 3 is 2.36 bits per heavy atom. The number of carbonyl (C=O) groups is 1. The minimum atomic E-state index is -1.40. The van der Waals surface area contributed by atoms with E-state index in [0.29, 0.717) is 0 Å². The molecule has 1 aliphatic heterocycles. The smallest absolute Gasteiger partial charge is 0.326 e. The monoisotopic (exact) mass is 161 g/mol. The summed E-state index contributed by atoms with van der Waals surface area (Å²) >= 11 is 0. The number of aliphatic carboxylic acids is 1. The van der Waals surface area contributed by atoms with Gasteiger partial charge in [0.25, 0.3) is 0 Å². The lowest BCUT2D eigenvalue weighted by Gasteiger charge is -2.23. The van der Waals surface area contributed by atoms with Gasteiger partial charge in [-0.05, 0) is 6.92 Å². The molecule has 0 saturated carbocycles. The van der Waals surface area contributed by atoms with E-state index in [0.717, 1.165) is 0 Å². The van der Waals surface area contributed by atoms with Crippen LogP contribution in [0.3, 0.4) is 0 Å². The Morgan fingerprint density at radius 1 is 1.64 bits per heavy atom. The molecule has 0 unspecified atom stereocenters. The molecule has 0 spiro atoms. The van der Waals surface area contributed by atoms with E-state index >= 15 is 0 Å². The van der Waals surface area contributed by atoms with Gasteiger partial charge in [-0.3, -0.25) is 10.1 Å². The van der Waals surface area contributed by atoms with Crippen LogP contribution < -0.4 is 5.32 Å². The summed E-state index contributed by atoms with van der Waals surface area (Å²) in [5, 5.41) is 29.4. The molecular weight excluding hydrogens is 150 g/mol. The molecule has 3 atom stereocenters. The first-order chi connectivity index (χ1) is 4.98. The van der Waals surface area contributed by atoms with Crippen LogP contribution in [0.15, 0.2) is 0 Å². The van der Waals surface area contributed by atoms with Crippen molar-refractivity contribution >= 4 is 5.97 Å². The Hall–Kier alpha value is -0.650. The van der Waals surface area contributed by atoms with E-state index in [-0.39, 0.29) is 6.54 Å². The average molecular weight is 161 g/mol. The summed E-state index contributed by atoms with van der Waals surface area (Å²) < 4.78 is 0. The minimum absolute atomic E-state index is 0.115. The van der Waals surface area contributed by atoms with Gasteiger partial charge in [0, 0.05) is 6.54 Å². The van der Waals surface area contributed by atoms with Crippen LogP contribution in [0.5, 0.6) is 0 Å². The quantitative estimate of drug-likeness (QED) is 0.362. The Bertz CT molecular complexity index is 183. The van der Waals surface area contributed by atoms with Crippen molar-refractivity contribution in [2.24, 2.45) is 0 Å². The predicted octanol–water partition coefficient (Wildman–Crippen LogP) is -1.85. The number of rotatable bonds is 1. The highest BCUT2D eigenvalue weighted by Gasteiger charge is 2.49. The summed E-state index contributed by atoms with van der Waals surface area (Å²) in [6.45, 7) is 1.46. The number of nitrogens with one attached hydrogen (secondary N) is 1. The van der Waals surface area contributed by atoms with Crippen molar-refractivity contribution in [2.75, 3.05) is 6.54 Å². The van der Waals surface area contributed by atoms with E-state index in [1.54, 1.807) is 0 Å². The van der Waals surface area contributed by atoms with E-state index < -0.39 is 23.7 Å². The second-order valence-corrected chi connectivity index (χ2v) is 2.90. The molecule has 11 heavy (non-hydrogen) atoms. The molecule has 4 N–H and O–H groups in total. The van der Waals surface area contributed by atoms with Gasteiger partial charge < -0.3 is 15.3 Å². The summed E-state index contributed by atoms with van der Waals surface area (Å²) in [7, 11) is 0. The molecule has 0 aliphatic carbocycles. The summed E-state index contributed by atoms with van der Waals surface area (Å²) in [5.74, 6) is -1.15. The second-order valence-electron chi connectivity index (χ2n) is 2.90. The number of carboxylic acid groups (broad SMARTS) is 1. The van der Waals surface area contributed by atoms with Gasteiger partial charge >= 0.3 is 5.97 Å². The van der Waals surface area contributed by atoms with E-state index in [2.05, 4.69) is 5.32 Å². The van der Waals surface area contributed by atoms with Crippen LogP contribution in [0.1, 0.15) is 6.92 Å². The average Bonchev–Trinajstić information content (AvgIpc) is 2.18. The molecule has 1 saturated heterocycles. The normalized spacial score (nSPS) is 44.3. The highest BCUT2D eigenvalue weighted by atomic mass is 16.4. The topological polar surface area (TPSA) is 89.8 Å². The first-order valence-corrected chi connectivity index (χ1v) is 3.33. The van der Waals surface area contributed by atoms with E-state index in [9.17, 15) is 9.90 Å². The molecule has 0 amide bonds. The SMILES string of the molecule is C[C@@]1(C(=O)O)NC[C@H](O)[C@H]1O. The third kappa shape index (κ3) is 1.11. The van der Waals surface area contributed by atoms with Crippen molar-refractivity contribution in [3.63, 3.8) is 0 Å². The molecule has 5 heteroatoms. The van der Waals surface area contributed by atoms with E-state index in [1.165, 1.54) is 6.92 Å². The van der Waals surface area contributed by atoms with E-state index in [4.69, 9.17) is 10.2 Å². The minimum Gasteiger partial charge on any atom is -0.480 e. The van der Waals surface area contributed by atoms with Crippen LogP contribution in [-0.4, -0.2) is 45.6 Å². The molecule has 1 aliphatic rings. The van der Waals surface area contributed by atoms with Crippen molar-refractivity contribution in [1.29, 1.82) is 0 Å². The standard InChI is InChI=1S/C6H11NO4/c1-6(5(10)11)4(9)3(8)2-7-6/h3-4,7-9H,2H2,1H3,(H,10,11)/t3-,4+,6+/m0/s1. The van der Waals surface area contributed by atoms with Gasteiger partial charge in [-0.1, -0.05) is 0 Å². The first-order valence-electron chi connectivity index (χ1n) is 3.33. The maximum absolute atomic E-state index is 10.5. The zero-order chi connectivity index (χ0) is 8.65. The summed E-state index contributed by atoms with van der Waals surface area (Å²) in [5.41, 5.74) is -1.40. The van der Waals surface area contributed by atoms with Crippen molar-refractivity contribution in [1.82, 2.24) is 5.32 Å². The third-order valence-corrected chi connectivity index (χ3v) is 2.08. The first kappa shape index (κ1) is 8.45. The maximum Gasteiger partial charge on any atom is 0.326 e. The van der Waals surface area contributed by atoms with Gasteiger partial charge in [-0.2, -0.15) is 0 Å². The Kier molecular flexibility index (Phi) is 1.87. The van der Waals surface area contributed by atoms with Crippen molar-refractivity contribution < 1.29 is 20.1 Å². The summed E-state index contributed by atoms with van der Waals surface area (Å²) in [4.78, 5) is 10.5. The number of aliphatic hydroxyl groups excluding tert-OH is 2. The molecule has 0 bridgehead atoms. The lowest BCUT2D eigenvalue weighted by atomic mass is 9.96. The lowest BCUT2D eigenvalue weighted by Crippen LogP contribution is -2.53. The Morgan fingerprint density at radius 2 is 2.18 bits per heavy atom. The predicted molar refractivity (Wildman–Crippen MR) is 36.1 cm³/mol. The molecular formula is C6H11NO4. The van der Waals surface area contributed by atoms with Crippen molar-refractivity contribution in [3.8, 4) is 0 Å². The third-order valence-electron chi connectivity index (χ3n) is 2.08. The molecule has 0 radical (unpaired) electrons. The number of hydrogen-bond donors (Lipinski definition) is 4. The van der Waals surface area contributed by atoms with Crippen LogP contribution in [-0.2, 0) is 4.79 Å². The fourth-order valence-corrected chi connectivity index (χ4v) is 1.12. The molecule has 1 heterocycles. The number of hydrogen-bond acceptors (Lipinski definition) is 4. The van der Waals surface area contributed by atoms with Gasteiger partial charge in [0.15, 0.2) is 0 Å².